The van der Waals surface area contributed by atoms with Crippen LogP contribution in [0.5, 0.6) is 11.5 Å². The summed E-state index contributed by atoms with van der Waals surface area (Å²) < 4.78 is 26.3. The molecule has 0 atom stereocenters. The van der Waals surface area contributed by atoms with Gasteiger partial charge in [0.05, 0.1) is 36.0 Å². The number of amides is 1. The van der Waals surface area contributed by atoms with E-state index in [1.54, 1.807) is 42.5 Å². The molecule has 0 heterocycles. The molecule has 40 heavy (non-hydrogen) atoms. The van der Waals surface area contributed by atoms with E-state index in [9.17, 15) is 9.18 Å². The molecule has 0 fully saturated rings. The maximum Gasteiger partial charge on any atom is 0.255 e. The number of ether oxygens (including phenoxy) is 2. The highest BCUT2D eigenvalue weighted by molar-refractivity contribution is 6.05. The van der Waals surface area contributed by atoms with Crippen molar-refractivity contribution in [2.45, 2.75) is 19.4 Å². The lowest BCUT2D eigenvalue weighted by atomic mass is 10.1. The van der Waals surface area contributed by atoms with Gasteiger partial charge in [-0.3, -0.25) is 4.79 Å². The Morgan fingerprint density at radius 1 is 0.800 bits per heavy atom. The van der Waals surface area contributed by atoms with Crippen LogP contribution in [0.25, 0.3) is 0 Å². The van der Waals surface area contributed by atoms with Crippen molar-refractivity contribution < 1.29 is 18.7 Å². The largest absolute Gasteiger partial charge is 0.493 e. The highest BCUT2D eigenvalue weighted by Crippen LogP contribution is 2.27. The fourth-order valence-electron chi connectivity index (χ4n) is 3.89. The van der Waals surface area contributed by atoms with E-state index in [1.807, 2.05) is 34.3 Å². The maximum absolute atomic E-state index is 14.9. The molecule has 0 aliphatic rings. The van der Waals surface area contributed by atoms with E-state index in [2.05, 4.69) is 20.4 Å². The van der Waals surface area contributed by atoms with Crippen molar-refractivity contribution in [3.63, 3.8) is 0 Å². The third kappa shape index (κ3) is 9.62. The predicted octanol–water partition coefficient (Wildman–Crippen LogP) is 4.52. The van der Waals surface area contributed by atoms with Gasteiger partial charge in [0.1, 0.15) is 17.3 Å². The fourth-order valence-corrected chi connectivity index (χ4v) is 3.89. The molecule has 0 saturated carbocycles. The minimum absolute atomic E-state index is 0.181. The number of hydrogen-bond acceptors (Lipinski definition) is 8. The van der Waals surface area contributed by atoms with Crippen molar-refractivity contribution in [2.24, 2.45) is 0 Å². The molecule has 0 unspecified atom stereocenters. The van der Waals surface area contributed by atoms with E-state index in [0.717, 1.165) is 25.9 Å². The first kappa shape index (κ1) is 30.5. The summed E-state index contributed by atoms with van der Waals surface area (Å²) in [7, 11) is 8.05. The van der Waals surface area contributed by atoms with Gasteiger partial charge in [0.25, 0.3) is 5.91 Å². The molecule has 0 aliphatic carbocycles. The SMILES string of the molecule is CN(C)CCCOc1ccc(NCc2ccc(C(=O)Nc3ccc(OCCCN(C)C)cc3N)cc2F)c(N)c1. The van der Waals surface area contributed by atoms with Crippen molar-refractivity contribution in [2.75, 3.05) is 76.6 Å². The van der Waals surface area contributed by atoms with Crippen LogP contribution in [-0.2, 0) is 6.54 Å². The van der Waals surface area contributed by atoms with E-state index >= 15 is 0 Å². The van der Waals surface area contributed by atoms with Crippen molar-refractivity contribution in [3.8, 4) is 11.5 Å². The second-order valence-corrected chi connectivity index (χ2v) is 10.1. The van der Waals surface area contributed by atoms with Crippen LogP contribution in [0.15, 0.2) is 54.6 Å². The highest BCUT2D eigenvalue weighted by Gasteiger charge is 2.13. The van der Waals surface area contributed by atoms with Gasteiger partial charge in [0, 0.05) is 42.9 Å². The molecule has 3 aromatic rings. The smallest absolute Gasteiger partial charge is 0.255 e. The predicted molar refractivity (Wildman–Crippen MR) is 161 cm³/mol. The molecular weight excluding hydrogens is 511 g/mol. The number of anilines is 4. The molecule has 216 valence electrons. The summed E-state index contributed by atoms with van der Waals surface area (Å²) in [4.78, 5) is 16.9. The van der Waals surface area contributed by atoms with Gasteiger partial charge in [-0.2, -0.15) is 0 Å². The van der Waals surface area contributed by atoms with Crippen LogP contribution in [0.3, 0.4) is 0 Å². The molecule has 3 aromatic carbocycles. The number of nitrogen functional groups attached to an aromatic ring is 2. The molecule has 0 spiro atoms. The molecule has 1 amide bonds. The number of nitrogens with one attached hydrogen (secondary N) is 2. The quantitative estimate of drug-likeness (QED) is 0.161. The topological polar surface area (TPSA) is 118 Å². The number of halogens is 1. The third-order valence-corrected chi connectivity index (χ3v) is 6.12. The van der Waals surface area contributed by atoms with E-state index in [0.29, 0.717) is 53.0 Å². The Balaban J connectivity index is 1.52. The molecule has 0 aliphatic heterocycles. The average Bonchev–Trinajstić information content (AvgIpc) is 2.90. The summed E-state index contributed by atoms with van der Waals surface area (Å²) in [5.74, 6) is 0.343. The van der Waals surface area contributed by atoms with Crippen LogP contribution in [0.4, 0.5) is 27.1 Å². The molecule has 0 aromatic heterocycles. The zero-order chi connectivity index (χ0) is 29.1. The molecular formula is C30H41FN6O3. The van der Waals surface area contributed by atoms with Crippen LogP contribution < -0.4 is 31.6 Å². The summed E-state index contributed by atoms with van der Waals surface area (Å²) in [6.07, 6.45) is 1.79. The van der Waals surface area contributed by atoms with Gasteiger partial charge in [-0.05, 0) is 77.4 Å². The fraction of sp³-hybridized carbons (Fsp3) is 0.367. The number of carbonyl (C=O) groups is 1. The van der Waals surface area contributed by atoms with Gasteiger partial charge < -0.3 is 41.4 Å². The molecule has 9 nitrogen and oxygen atoms in total. The lowest BCUT2D eigenvalue weighted by Crippen LogP contribution is -2.16. The van der Waals surface area contributed by atoms with Crippen molar-refractivity contribution in [3.05, 3.63) is 71.5 Å². The van der Waals surface area contributed by atoms with Crippen LogP contribution in [-0.4, -0.2) is 70.2 Å². The van der Waals surface area contributed by atoms with E-state index in [1.165, 1.54) is 6.07 Å². The van der Waals surface area contributed by atoms with Crippen LogP contribution in [0.2, 0.25) is 0 Å². The average molecular weight is 553 g/mol. The van der Waals surface area contributed by atoms with Crippen molar-refractivity contribution in [1.29, 1.82) is 0 Å². The first-order valence-electron chi connectivity index (χ1n) is 13.3. The zero-order valence-corrected chi connectivity index (χ0v) is 23.8. The van der Waals surface area contributed by atoms with Crippen LogP contribution >= 0.6 is 0 Å². The maximum atomic E-state index is 14.9. The Morgan fingerprint density at radius 2 is 1.35 bits per heavy atom. The summed E-state index contributed by atoms with van der Waals surface area (Å²) in [6.45, 7) is 3.22. The van der Waals surface area contributed by atoms with Gasteiger partial charge in [0.2, 0.25) is 0 Å². The first-order chi connectivity index (χ1) is 19.1. The monoisotopic (exact) mass is 552 g/mol. The summed E-state index contributed by atoms with van der Waals surface area (Å²) in [6, 6.07) is 14.8. The van der Waals surface area contributed by atoms with Gasteiger partial charge in [-0.15, -0.1) is 0 Å². The Morgan fingerprint density at radius 3 is 1.85 bits per heavy atom. The molecule has 3 rings (SSSR count). The summed E-state index contributed by atoms with van der Waals surface area (Å²) >= 11 is 0. The van der Waals surface area contributed by atoms with E-state index < -0.39 is 11.7 Å². The summed E-state index contributed by atoms with van der Waals surface area (Å²) in [5.41, 5.74) is 14.8. The normalized spacial score (nSPS) is 11.1. The minimum Gasteiger partial charge on any atom is -0.493 e. The Kier molecular flexibility index (Phi) is 11.4. The number of benzene rings is 3. The second-order valence-electron chi connectivity index (χ2n) is 10.1. The van der Waals surface area contributed by atoms with Crippen molar-refractivity contribution >= 4 is 28.7 Å². The Bertz CT molecular complexity index is 1270. The van der Waals surface area contributed by atoms with E-state index in [4.69, 9.17) is 20.9 Å². The second kappa shape index (κ2) is 14.9. The first-order valence-corrected chi connectivity index (χ1v) is 13.3. The standard InChI is InChI=1S/C30H41FN6O3/c1-36(2)13-5-15-39-23-9-11-28(26(32)18-23)34-20-22-8-7-21(17-25(22)31)30(38)35-29-12-10-24(19-27(29)33)40-16-6-14-37(3)4/h7-12,17-19,34H,5-6,13-16,20,32-33H2,1-4H3,(H,35,38). The number of nitrogens with zero attached hydrogens (tertiary/aromatic N) is 2. The Labute approximate surface area is 236 Å². The molecule has 0 radical (unpaired) electrons. The molecule has 10 heteroatoms. The van der Waals surface area contributed by atoms with E-state index in [-0.39, 0.29) is 12.1 Å². The third-order valence-electron chi connectivity index (χ3n) is 6.12. The van der Waals surface area contributed by atoms with Gasteiger partial charge in [-0.1, -0.05) is 6.07 Å². The Hall–Kier alpha value is -4.02. The number of nitrogens with two attached hydrogens (primary N) is 2. The number of carbonyl (C=O) groups excluding carboxylic acids is 1. The van der Waals surface area contributed by atoms with Crippen molar-refractivity contribution in [1.82, 2.24) is 9.80 Å². The molecule has 0 saturated heterocycles. The lowest BCUT2D eigenvalue weighted by molar-refractivity contribution is 0.102. The minimum atomic E-state index is -0.506. The molecule has 6 N–H and O–H groups in total. The zero-order valence-electron chi connectivity index (χ0n) is 23.8. The molecule has 0 bridgehead atoms. The van der Waals surface area contributed by atoms with Crippen LogP contribution in [0, 0.1) is 5.82 Å². The lowest BCUT2D eigenvalue weighted by Gasteiger charge is -2.14. The number of hydrogen-bond donors (Lipinski definition) is 4. The number of rotatable bonds is 15. The van der Waals surface area contributed by atoms with Gasteiger partial charge >= 0.3 is 0 Å². The highest BCUT2D eigenvalue weighted by atomic mass is 19.1. The van der Waals surface area contributed by atoms with Crippen LogP contribution in [0.1, 0.15) is 28.8 Å². The van der Waals surface area contributed by atoms with Gasteiger partial charge in [-0.25, -0.2) is 4.39 Å². The van der Waals surface area contributed by atoms with Gasteiger partial charge in [0.15, 0.2) is 0 Å². The summed E-state index contributed by atoms with van der Waals surface area (Å²) in [5, 5.41) is 5.88.